The number of nitrogens with one attached hydrogen (secondary N) is 1. The summed E-state index contributed by atoms with van der Waals surface area (Å²) in [5, 5.41) is 3.41. The van der Waals surface area contributed by atoms with Crippen molar-refractivity contribution in [2.45, 2.75) is 38.9 Å². The van der Waals surface area contributed by atoms with Crippen molar-refractivity contribution in [2.75, 3.05) is 66.7 Å². The second-order valence-corrected chi connectivity index (χ2v) is 7.40. The highest BCUT2D eigenvalue weighted by atomic mass is 16.7. The van der Waals surface area contributed by atoms with Crippen LogP contribution in [0.15, 0.2) is 4.99 Å². The Hall–Kier alpha value is -1.38. The lowest BCUT2D eigenvalue weighted by Crippen LogP contribution is -2.52. The van der Waals surface area contributed by atoms with E-state index in [1.807, 2.05) is 13.8 Å². The normalized spacial score (nSPS) is 22.7. The molecule has 2 aliphatic rings. The van der Waals surface area contributed by atoms with Crippen molar-refractivity contribution in [3.8, 4) is 0 Å². The van der Waals surface area contributed by atoms with Gasteiger partial charge in [-0.3, -0.25) is 4.79 Å². The average Bonchev–Trinajstić information content (AvgIpc) is 3.11. The van der Waals surface area contributed by atoms with Gasteiger partial charge in [0.05, 0.1) is 13.2 Å². The molecule has 0 bridgehead atoms. The third-order valence-corrected chi connectivity index (χ3v) is 5.14. The van der Waals surface area contributed by atoms with Crippen LogP contribution in [0, 0.1) is 5.92 Å². The minimum Gasteiger partial charge on any atom is -0.382 e. The molecule has 2 fully saturated rings. The fourth-order valence-electron chi connectivity index (χ4n) is 3.43. The minimum atomic E-state index is -0.516. The summed E-state index contributed by atoms with van der Waals surface area (Å²) < 4.78 is 17.2. The summed E-state index contributed by atoms with van der Waals surface area (Å²) in [7, 11) is 3.50. The van der Waals surface area contributed by atoms with E-state index in [1.54, 1.807) is 19.0 Å². The van der Waals surface area contributed by atoms with Gasteiger partial charge >= 0.3 is 0 Å². The van der Waals surface area contributed by atoms with E-state index in [-0.39, 0.29) is 18.4 Å². The van der Waals surface area contributed by atoms with Crippen molar-refractivity contribution in [2.24, 2.45) is 10.9 Å². The van der Waals surface area contributed by atoms with Gasteiger partial charge < -0.3 is 29.3 Å². The summed E-state index contributed by atoms with van der Waals surface area (Å²) in [4.78, 5) is 20.4. The van der Waals surface area contributed by atoms with Crippen molar-refractivity contribution in [3.05, 3.63) is 0 Å². The standard InChI is InChI=1S/C19H36N4O4/c1-5-25-11-7-9-20-18(21-14-17(24)22(3)4)23-10-6-8-16(15-23)19(2)26-12-13-27-19/h16H,5-15H2,1-4H3,(H,20,21). The van der Waals surface area contributed by atoms with E-state index in [0.29, 0.717) is 13.2 Å². The number of likely N-dealkylation sites (tertiary alicyclic amines) is 1. The number of carbonyl (C=O) groups is 1. The first-order valence-electron chi connectivity index (χ1n) is 10.1. The molecule has 27 heavy (non-hydrogen) atoms. The Balaban J connectivity index is 1.99. The van der Waals surface area contributed by atoms with Crippen molar-refractivity contribution < 1.29 is 19.0 Å². The first kappa shape index (κ1) is 21.9. The van der Waals surface area contributed by atoms with Gasteiger partial charge in [0.25, 0.3) is 0 Å². The molecule has 1 unspecified atom stereocenters. The molecule has 8 heteroatoms. The summed E-state index contributed by atoms with van der Waals surface area (Å²) in [6.07, 6.45) is 3.02. The maximum atomic E-state index is 12.0. The molecule has 156 valence electrons. The lowest BCUT2D eigenvalue weighted by molar-refractivity contribution is -0.189. The molecule has 0 aromatic carbocycles. The largest absolute Gasteiger partial charge is 0.382 e. The van der Waals surface area contributed by atoms with E-state index in [4.69, 9.17) is 14.2 Å². The van der Waals surface area contributed by atoms with Crippen LogP contribution in [0.25, 0.3) is 0 Å². The topological polar surface area (TPSA) is 75.6 Å². The molecule has 2 rings (SSSR count). The van der Waals surface area contributed by atoms with Gasteiger partial charge in [-0.15, -0.1) is 0 Å². The summed E-state index contributed by atoms with van der Waals surface area (Å²) >= 11 is 0. The third kappa shape index (κ3) is 6.62. The molecular formula is C19H36N4O4. The van der Waals surface area contributed by atoms with Gasteiger partial charge in [-0.2, -0.15) is 0 Å². The van der Waals surface area contributed by atoms with Gasteiger partial charge in [0, 0.05) is 52.9 Å². The van der Waals surface area contributed by atoms with Gasteiger partial charge in [0.2, 0.25) is 5.91 Å². The van der Waals surface area contributed by atoms with Crippen LogP contribution in [0.2, 0.25) is 0 Å². The number of guanidine groups is 1. The highest BCUT2D eigenvalue weighted by Gasteiger charge is 2.42. The predicted octanol–water partition coefficient (Wildman–Crippen LogP) is 0.922. The molecule has 2 heterocycles. The quantitative estimate of drug-likeness (QED) is 0.381. The molecular weight excluding hydrogens is 348 g/mol. The number of rotatable bonds is 8. The van der Waals surface area contributed by atoms with Crippen molar-refractivity contribution >= 4 is 11.9 Å². The molecule has 0 spiro atoms. The predicted molar refractivity (Wildman–Crippen MR) is 105 cm³/mol. The van der Waals surface area contributed by atoms with Crippen LogP contribution in [-0.2, 0) is 19.0 Å². The average molecular weight is 385 g/mol. The van der Waals surface area contributed by atoms with Gasteiger partial charge in [0.15, 0.2) is 11.7 Å². The summed E-state index contributed by atoms with van der Waals surface area (Å²) in [5.41, 5.74) is 0. The first-order chi connectivity index (χ1) is 13.0. The van der Waals surface area contributed by atoms with Crippen molar-refractivity contribution in [1.82, 2.24) is 15.1 Å². The second kappa shape index (κ2) is 10.8. The van der Waals surface area contributed by atoms with Crippen LogP contribution in [0.5, 0.6) is 0 Å². The van der Waals surface area contributed by atoms with Crippen LogP contribution in [0.3, 0.4) is 0 Å². The molecule has 1 N–H and O–H groups in total. The SMILES string of the molecule is CCOCCCNC(=NCC(=O)N(C)C)N1CCCC(C2(C)OCCO2)C1. The number of hydrogen-bond donors (Lipinski definition) is 1. The molecule has 1 atom stereocenters. The smallest absolute Gasteiger partial charge is 0.243 e. The summed E-state index contributed by atoms with van der Waals surface area (Å²) in [6, 6.07) is 0. The number of piperidine rings is 1. The first-order valence-corrected chi connectivity index (χ1v) is 10.1. The van der Waals surface area contributed by atoms with E-state index >= 15 is 0 Å². The number of carbonyl (C=O) groups excluding carboxylic acids is 1. The molecule has 0 radical (unpaired) electrons. The van der Waals surface area contributed by atoms with Gasteiger partial charge in [0.1, 0.15) is 6.54 Å². The Morgan fingerprint density at radius 2 is 2.11 bits per heavy atom. The number of hydrogen-bond acceptors (Lipinski definition) is 5. The van der Waals surface area contributed by atoms with E-state index in [0.717, 1.165) is 58.1 Å². The van der Waals surface area contributed by atoms with E-state index in [9.17, 15) is 4.79 Å². The summed E-state index contributed by atoms with van der Waals surface area (Å²) in [6.45, 7) is 9.42. The zero-order valence-corrected chi connectivity index (χ0v) is 17.3. The zero-order valence-electron chi connectivity index (χ0n) is 17.3. The molecule has 0 aliphatic carbocycles. The Labute approximate surface area is 163 Å². The monoisotopic (exact) mass is 384 g/mol. The fraction of sp³-hybridized carbons (Fsp3) is 0.895. The Morgan fingerprint density at radius 3 is 2.78 bits per heavy atom. The van der Waals surface area contributed by atoms with Crippen molar-refractivity contribution in [3.63, 3.8) is 0 Å². The molecule has 0 saturated carbocycles. The van der Waals surface area contributed by atoms with Crippen LogP contribution < -0.4 is 5.32 Å². The van der Waals surface area contributed by atoms with Crippen molar-refractivity contribution in [1.29, 1.82) is 0 Å². The number of likely N-dealkylation sites (N-methyl/N-ethyl adjacent to an activating group) is 1. The number of nitrogens with zero attached hydrogens (tertiary/aromatic N) is 3. The highest BCUT2D eigenvalue weighted by molar-refractivity contribution is 5.84. The van der Waals surface area contributed by atoms with Crippen LogP contribution in [0.1, 0.15) is 33.1 Å². The Morgan fingerprint density at radius 1 is 1.37 bits per heavy atom. The molecule has 2 aliphatic heterocycles. The number of aliphatic imine (C=N–C) groups is 1. The van der Waals surface area contributed by atoms with Crippen LogP contribution >= 0.6 is 0 Å². The Kier molecular flexibility index (Phi) is 8.79. The molecule has 0 aromatic heterocycles. The van der Waals surface area contributed by atoms with Crippen LogP contribution in [-0.4, -0.2) is 94.2 Å². The lowest BCUT2D eigenvalue weighted by Gasteiger charge is -2.41. The molecule has 2 saturated heterocycles. The maximum Gasteiger partial charge on any atom is 0.243 e. The molecule has 8 nitrogen and oxygen atoms in total. The highest BCUT2D eigenvalue weighted by Crippen LogP contribution is 2.34. The fourth-order valence-corrected chi connectivity index (χ4v) is 3.43. The Bertz CT molecular complexity index is 492. The second-order valence-electron chi connectivity index (χ2n) is 7.40. The molecule has 0 aromatic rings. The number of amides is 1. The van der Waals surface area contributed by atoms with E-state index < -0.39 is 5.79 Å². The third-order valence-electron chi connectivity index (χ3n) is 5.14. The van der Waals surface area contributed by atoms with E-state index in [2.05, 4.69) is 15.2 Å². The lowest BCUT2D eigenvalue weighted by atomic mass is 9.90. The van der Waals surface area contributed by atoms with E-state index in [1.165, 1.54) is 0 Å². The van der Waals surface area contributed by atoms with Gasteiger partial charge in [-0.05, 0) is 33.1 Å². The van der Waals surface area contributed by atoms with Crippen LogP contribution in [0.4, 0.5) is 0 Å². The number of ether oxygens (including phenoxy) is 3. The summed E-state index contributed by atoms with van der Waals surface area (Å²) in [5.74, 6) is 0.548. The van der Waals surface area contributed by atoms with Gasteiger partial charge in [-0.25, -0.2) is 4.99 Å². The zero-order chi connectivity index (χ0) is 19.7. The minimum absolute atomic E-state index is 0.00778. The van der Waals surface area contributed by atoms with Gasteiger partial charge in [-0.1, -0.05) is 0 Å². The molecule has 1 amide bonds. The maximum absolute atomic E-state index is 12.0.